The number of halogens is 1. The van der Waals surface area contributed by atoms with E-state index in [1.807, 2.05) is 21.1 Å². The molecule has 36 heavy (non-hydrogen) atoms. The molecule has 0 spiro atoms. The van der Waals surface area contributed by atoms with Gasteiger partial charge in [-0.15, -0.1) is 0 Å². The van der Waals surface area contributed by atoms with Gasteiger partial charge in [0.05, 0.1) is 27.7 Å². The van der Waals surface area contributed by atoms with Gasteiger partial charge >= 0.3 is 0 Å². The summed E-state index contributed by atoms with van der Waals surface area (Å²) < 4.78 is 23.7. The van der Waals surface area contributed by atoms with Crippen molar-refractivity contribution >= 4 is 30.4 Å². The Labute approximate surface area is 236 Å². The Morgan fingerprint density at radius 1 is 0.694 bits per heavy atom. The normalized spacial score (nSPS) is 13.7. The number of benzene rings is 1. The molecule has 1 aromatic rings. The average molecular weight is 638 g/mol. The van der Waals surface area contributed by atoms with E-state index >= 15 is 0 Å². The predicted octanol–water partition coefficient (Wildman–Crippen LogP) is 8.28. The molecule has 0 aliphatic carbocycles. The number of likely N-dealkylation sites (N-methyl/N-ethyl adjacent to an activating group) is 1. The summed E-state index contributed by atoms with van der Waals surface area (Å²) in [6, 6.07) is 8.75. The van der Waals surface area contributed by atoms with Crippen molar-refractivity contribution in [1.29, 1.82) is 0 Å². The summed E-state index contributed by atoms with van der Waals surface area (Å²) in [6.45, 7) is 1.03. The molecule has 0 radical (unpaired) electrons. The number of rotatable bonds is 24. The van der Waals surface area contributed by atoms with E-state index in [-0.39, 0.29) is 13.2 Å². The summed E-state index contributed by atoms with van der Waals surface area (Å²) >= 11 is 2.45. The molecule has 1 aromatic carbocycles. The van der Waals surface area contributed by atoms with Crippen molar-refractivity contribution in [2.24, 2.45) is 0 Å². The molecule has 0 fully saturated rings. The largest absolute Gasteiger partial charge is 0.756 e. The second-order valence-electron chi connectivity index (χ2n) is 11.1. The fraction of sp³-hybridized carbons (Fsp3) is 0.793. The van der Waals surface area contributed by atoms with Crippen LogP contribution in [0.5, 0.6) is 0 Å². The molecule has 0 saturated carbocycles. The van der Waals surface area contributed by atoms with Crippen LogP contribution in [0.4, 0.5) is 0 Å². The number of phosphoric acid groups is 1. The van der Waals surface area contributed by atoms with Crippen molar-refractivity contribution in [1.82, 2.24) is 0 Å². The number of hydrogen-bond donors (Lipinski definition) is 0. The van der Waals surface area contributed by atoms with Crippen LogP contribution in [-0.2, 0) is 20.0 Å². The SMILES string of the molecule is C[N+](C)(C)CCOP(=O)([O-])OCCCCCCCCCCCCCCCCCCc1ccccc1I. The highest BCUT2D eigenvalue weighted by Gasteiger charge is 2.13. The number of hydrogen-bond acceptors (Lipinski definition) is 4. The van der Waals surface area contributed by atoms with Crippen LogP contribution in [-0.4, -0.2) is 45.4 Å². The lowest BCUT2D eigenvalue weighted by Crippen LogP contribution is -2.37. The number of nitrogens with zero attached hydrogens (tertiary/aromatic N) is 1. The summed E-state index contributed by atoms with van der Waals surface area (Å²) in [6.07, 6.45) is 21.8. The lowest BCUT2D eigenvalue weighted by Gasteiger charge is -2.27. The second-order valence-corrected chi connectivity index (χ2v) is 13.7. The Hall–Kier alpha value is 0.0200. The molecule has 0 aliphatic rings. The highest BCUT2D eigenvalue weighted by molar-refractivity contribution is 14.1. The van der Waals surface area contributed by atoms with Crippen LogP contribution in [0.3, 0.4) is 0 Å². The number of quaternary nitrogens is 1. The molecule has 1 rings (SSSR count). The van der Waals surface area contributed by atoms with Crippen molar-refractivity contribution in [3.05, 3.63) is 33.4 Å². The lowest BCUT2D eigenvalue weighted by molar-refractivity contribution is -0.870. The third-order valence-electron chi connectivity index (χ3n) is 6.56. The first-order valence-corrected chi connectivity index (χ1v) is 16.9. The minimum atomic E-state index is -4.14. The Kier molecular flexibility index (Phi) is 19.8. The van der Waals surface area contributed by atoms with Crippen LogP contribution in [0.2, 0.25) is 0 Å². The maximum absolute atomic E-state index is 11.7. The van der Waals surface area contributed by atoms with Crippen LogP contribution in [0.15, 0.2) is 24.3 Å². The van der Waals surface area contributed by atoms with Gasteiger partial charge in [0, 0.05) is 3.57 Å². The molecule has 0 aromatic heterocycles. The molecule has 1 unspecified atom stereocenters. The Morgan fingerprint density at radius 2 is 1.11 bits per heavy atom. The molecule has 210 valence electrons. The van der Waals surface area contributed by atoms with Crippen molar-refractivity contribution in [3.63, 3.8) is 0 Å². The summed E-state index contributed by atoms with van der Waals surface area (Å²) in [4.78, 5) is 11.7. The van der Waals surface area contributed by atoms with Crippen LogP contribution in [0.1, 0.15) is 108 Å². The van der Waals surface area contributed by atoms with E-state index in [1.165, 1.54) is 99.0 Å². The summed E-state index contributed by atoms with van der Waals surface area (Å²) in [7, 11) is 1.85. The Morgan fingerprint density at radius 3 is 1.58 bits per heavy atom. The standard InChI is InChI=1S/C29H53INO4P/c1-31(2,3)25-27-35-36(32,33)34-26-21-17-15-13-11-9-7-5-4-6-8-10-12-14-16-18-22-28-23-19-20-24-29(28)30/h19-20,23-24H,4-18,21-22,25-27H2,1-3H3. The lowest BCUT2D eigenvalue weighted by atomic mass is 10.0. The summed E-state index contributed by atoms with van der Waals surface area (Å²) in [5.74, 6) is 0. The second kappa shape index (κ2) is 20.9. The van der Waals surface area contributed by atoms with E-state index in [4.69, 9.17) is 9.05 Å². The van der Waals surface area contributed by atoms with Gasteiger partial charge in [-0.05, 0) is 53.5 Å². The van der Waals surface area contributed by atoms with Crippen LogP contribution < -0.4 is 4.89 Å². The quantitative estimate of drug-likeness (QED) is 0.0496. The summed E-state index contributed by atoms with van der Waals surface area (Å²) in [5, 5.41) is 0. The smallest absolute Gasteiger partial charge is 0.268 e. The van der Waals surface area contributed by atoms with Gasteiger partial charge in [0.2, 0.25) is 0 Å². The number of unbranched alkanes of at least 4 members (excludes halogenated alkanes) is 15. The van der Waals surface area contributed by atoms with Gasteiger partial charge in [0.1, 0.15) is 13.2 Å². The van der Waals surface area contributed by atoms with E-state index < -0.39 is 7.82 Å². The molecule has 0 aliphatic heterocycles. The van der Waals surface area contributed by atoms with Crippen molar-refractivity contribution in [3.8, 4) is 0 Å². The Bertz CT molecular complexity index is 711. The van der Waals surface area contributed by atoms with Crippen LogP contribution >= 0.6 is 30.4 Å². The maximum atomic E-state index is 11.7. The number of phosphoric ester groups is 1. The van der Waals surface area contributed by atoms with Crippen molar-refractivity contribution < 1.29 is 23.0 Å². The summed E-state index contributed by atoms with van der Waals surface area (Å²) in [5.41, 5.74) is 1.51. The topological polar surface area (TPSA) is 58.6 Å². The Balaban J connectivity index is 1.77. The van der Waals surface area contributed by atoms with Crippen molar-refractivity contribution in [2.45, 2.75) is 109 Å². The third kappa shape index (κ3) is 21.0. The van der Waals surface area contributed by atoms with E-state index in [0.717, 1.165) is 19.3 Å². The first-order valence-electron chi connectivity index (χ1n) is 14.3. The maximum Gasteiger partial charge on any atom is 0.268 e. The van der Waals surface area contributed by atoms with E-state index in [0.29, 0.717) is 11.0 Å². The van der Waals surface area contributed by atoms with Gasteiger partial charge < -0.3 is 18.4 Å². The number of aryl methyl sites for hydroxylation is 1. The van der Waals surface area contributed by atoms with Gasteiger partial charge in [-0.2, -0.15) is 0 Å². The molecule has 7 heteroatoms. The zero-order valence-electron chi connectivity index (χ0n) is 23.4. The van der Waals surface area contributed by atoms with Gasteiger partial charge in [0.25, 0.3) is 7.82 Å². The zero-order chi connectivity index (χ0) is 26.5. The van der Waals surface area contributed by atoms with Crippen molar-refractivity contribution in [2.75, 3.05) is 40.9 Å². The molecule has 5 nitrogen and oxygen atoms in total. The molecule has 0 N–H and O–H groups in total. The molecular formula is C29H53INO4P. The fourth-order valence-electron chi connectivity index (χ4n) is 4.23. The highest BCUT2D eigenvalue weighted by atomic mass is 127. The molecule has 0 bridgehead atoms. The monoisotopic (exact) mass is 637 g/mol. The third-order valence-corrected chi connectivity index (χ3v) is 8.61. The zero-order valence-corrected chi connectivity index (χ0v) is 26.4. The van der Waals surface area contributed by atoms with Crippen LogP contribution in [0, 0.1) is 3.57 Å². The van der Waals surface area contributed by atoms with E-state index in [1.54, 1.807) is 0 Å². The molecule has 0 saturated heterocycles. The van der Waals surface area contributed by atoms with Gasteiger partial charge in [-0.25, -0.2) is 0 Å². The van der Waals surface area contributed by atoms with E-state index in [9.17, 15) is 9.46 Å². The van der Waals surface area contributed by atoms with Gasteiger partial charge in [0.15, 0.2) is 0 Å². The minimum Gasteiger partial charge on any atom is -0.756 e. The molecule has 0 heterocycles. The molecule has 0 amide bonds. The van der Waals surface area contributed by atoms with Crippen LogP contribution in [0.25, 0.3) is 0 Å². The average Bonchev–Trinajstić information content (AvgIpc) is 2.80. The van der Waals surface area contributed by atoms with Gasteiger partial charge in [-0.1, -0.05) is 108 Å². The minimum absolute atomic E-state index is 0.166. The van der Waals surface area contributed by atoms with Gasteiger partial charge in [-0.3, -0.25) is 4.57 Å². The molecule has 1 atom stereocenters. The first-order chi connectivity index (χ1) is 17.2. The fourth-order valence-corrected chi connectivity index (χ4v) is 5.62. The molecular weight excluding hydrogens is 584 g/mol. The predicted molar refractivity (Wildman–Crippen MR) is 159 cm³/mol. The highest BCUT2D eigenvalue weighted by Crippen LogP contribution is 2.38. The van der Waals surface area contributed by atoms with E-state index in [2.05, 4.69) is 46.9 Å². The first kappa shape index (κ1) is 34.0.